The van der Waals surface area contributed by atoms with Crippen molar-refractivity contribution < 1.29 is 23.8 Å². The van der Waals surface area contributed by atoms with E-state index >= 15 is 0 Å². The van der Waals surface area contributed by atoms with Gasteiger partial charge in [-0.05, 0) is 69.2 Å². The van der Waals surface area contributed by atoms with Crippen molar-refractivity contribution in [1.82, 2.24) is 5.32 Å². The summed E-state index contributed by atoms with van der Waals surface area (Å²) in [5.74, 6) is 1.59. The normalized spacial score (nSPS) is 16.7. The van der Waals surface area contributed by atoms with Gasteiger partial charge in [0.15, 0.2) is 6.61 Å². The van der Waals surface area contributed by atoms with Crippen molar-refractivity contribution >= 4 is 51.9 Å². The van der Waals surface area contributed by atoms with E-state index in [-0.39, 0.29) is 30.6 Å². The molecule has 9 heteroatoms. The molecule has 34 heavy (non-hydrogen) atoms. The topological polar surface area (TPSA) is 77.1 Å². The lowest BCUT2D eigenvalue weighted by atomic mass is 10.1. The Kier molecular flexibility index (Phi) is 7.13. The highest BCUT2D eigenvalue weighted by Crippen LogP contribution is 2.36. The van der Waals surface area contributed by atoms with Crippen LogP contribution in [0.1, 0.15) is 38.8 Å². The molecule has 7 nitrogen and oxygen atoms in total. The number of ether oxygens (including phenoxy) is 3. The number of carbonyl (C=O) groups excluding carboxylic acids is 2. The number of hydrogen-bond donors (Lipinski definition) is 1. The second-order valence-corrected chi connectivity index (χ2v) is 10.2. The third kappa shape index (κ3) is 5.71. The lowest BCUT2D eigenvalue weighted by Crippen LogP contribution is -2.38. The molecule has 0 spiro atoms. The molecular formula is C25H26N2O5S2. The summed E-state index contributed by atoms with van der Waals surface area (Å²) in [4.78, 5) is 27.1. The molecule has 0 aliphatic carbocycles. The summed E-state index contributed by atoms with van der Waals surface area (Å²) >= 11 is 6.28. The Morgan fingerprint density at radius 3 is 2.35 bits per heavy atom. The zero-order chi connectivity index (χ0) is 24.4. The fourth-order valence-electron chi connectivity index (χ4n) is 3.64. The van der Waals surface area contributed by atoms with E-state index in [1.807, 2.05) is 64.1 Å². The Hall–Kier alpha value is -3.04. The Balaban J connectivity index is 1.67. The van der Waals surface area contributed by atoms with Crippen LogP contribution in [0, 0.1) is 0 Å². The summed E-state index contributed by atoms with van der Waals surface area (Å²) in [6, 6.07) is 11.2. The van der Waals surface area contributed by atoms with Crippen LogP contribution < -0.4 is 24.4 Å². The van der Waals surface area contributed by atoms with E-state index in [1.165, 1.54) is 11.8 Å². The molecule has 2 aromatic carbocycles. The van der Waals surface area contributed by atoms with E-state index in [0.29, 0.717) is 38.7 Å². The van der Waals surface area contributed by atoms with Crippen molar-refractivity contribution in [2.24, 2.45) is 0 Å². The Morgan fingerprint density at radius 1 is 1.09 bits per heavy atom. The highest BCUT2D eigenvalue weighted by molar-refractivity contribution is 8.26. The maximum absolute atomic E-state index is 12.9. The second kappa shape index (κ2) is 10.1. The van der Waals surface area contributed by atoms with Crippen LogP contribution in [0.5, 0.6) is 17.2 Å². The Labute approximate surface area is 208 Å². The standard InChI is InChI=1S/C25H26N2O5S2/c1-14(2)31-18-7-17(8-19(11-18)32-15(3)4)12-27-20-9-16(5-6-21(20)30-13-23(27)28)10-22-24(29)26-25(33)34-22/h5-11,14-15H,12-13H2,1-4H3,(H,26,29,33). The summed E-state index contributed by atoms with van der Waals surface area (Å²) in [5, 5.41) is 2.61. The molecule has 0 aromatic heterocycles. The fourth-order valence-corrected chi connectivity index (χ4v) is 4.68. The van der Waals surface area contributed by atoms with Gasteiger partial charge in [0.2, 0.25) is 0 Å². The van der Waals surface area contributed by atoms with Crippen molar-refractivity contribution in [1.29, 1.82) is 0 Å². The molecule has 0 saturated carbocycles. The molecule has 1 fully saturated rings. The molecule has 0 atom stereocenters. The Morgan fingerprint density at radius 2 is 1.76 bits per heavy atom. The largest absolute Gasteiger partial charge is 0.491 e. The number of benzene rings is 2. The fraction of sp³-hybridized carbons (Fsp3) is 0.320. The first-order valence-electron chi connectivity index (χ1n) is 11.0. The minimum atomic E-state index is -0.225. The van der Waals surface area contributed by atoms with Crippen molar-refractivity contribution in [3.63, 3.8) is 0 Å². The zero-order valence-electron chi connectivity index (χ0n) is 19.4. The molecule has 2 aromatic rings. The lowest BCUT2D eigenvalue weighted by Gasteiger charge is -2.30. The first kappa shape index (κ1) is 24.1. The van der Waals surface area contributed by atoms with E-state index in [1.54, 1.807) is 11.0 Å². The molecule has 2 amide bonds. The second-order valence-electron chi connectivity index (χ2n) is 8.49. The van der Waals surface area contributed by atoms with Gasteiger partial charge in [-0.3, -0.25) is 9.59 Å². The molecule has 178 valence electrons. The van der Waals surface area contributed by atoms with Crippen molar-refractivity contribution in [3.05, 3.63) is 52.4 Å². The van der Waals surface area contributed by atoms with E-state index in [2.05, 4.69) is 5.32 Å². The maximum atomic E-state index is 12.9. The van der Waals surface area contributed by atoms with E-state index in [0.717, 1.165) is 11.1 Å². The monoisotopic (exact) mass is 498 g/mol. The maximum Gasteiger partial charge on any atom is 0.265 e. The van der Waals surface area contributed by atoms with Crippen LogP contribution in [0.4, 0.5) is 5.69 Å². The average molecular weight is 499 g/mol. The highest BCUT2D eigenvalue weighted by atomic mass is 32.2. The SMILES string of the molecule is CC(C)Oc1cc(CN2C(=O)COc3ccc(C=C4SC(=S)NC4=O)cc32)cc(OC(C)C)c1. The van der Waals surface area contributed by atoms with Crippen molar-refractivity contribution in [3.8, 4) is 17.2 Å². The summed E-state index contributed by atoms with van der Waals surface area (Å²) < 4.78 is 17.9. The number of thiocarbonyl (C=S) groups is 1. The Bertz CT molecular complexity index is 1150. The summed E-state index contributed by atoms with van der Waals surface area (Å²) in [6.07, 6.45) is 1.76. The van der Waals surface area contributed by atoms with E-state index in [4.69, 9.17) is 26.4 Å². The summed E-state index contributed by atoms with van der Waals surface area (Å²) in [5.41, 5.74) is 2.28. The molecule has 1 saturated heterocycles. The smallest absolute Gasteiger partial charge is 0.265 e. The minimum absolute atomic E-state index is 0.00188. The van der Waals surface area contributed by atoms with Crippen molar-refractivity contribution in [2.75, 3.05) is 11.5 Å². The zero-order valence-corrected chi connectivity index (χ0v) is 21.0. The number of fused-ring (bicyclic) bond motifs is 1. The average Bonchev–Trinajstić information content (AvgIpc) is 3.05. The van der Waals surface area contributed by atoms with Crippen LogP contribution in [0.25, 0.3) is 6.08 Å². The lowest BCUT2D eigenvalue weighted by molar-refractivity contribution is -0.121. The first-order chi connectivity index (χ1) is 16.2. The van der Waals surface area contributed by atoms with Crippen molar-refractivity contribution in [2.45, 2.75) is 46.4 Å². The number of rotatable bonds is 7. The number of hydrogen-bond acceptors (Lipinski definition) is 7. The predicted octanol–water partition coefficient (Wildman–Crippen LogP) is 4.68. The van der Waals surface area contributed by atoms with Gasteiger partial charge in [-0.2, -0.15) is 0 Å². The number of thioether (sulfide) groups is 1. The first-order valence-corrected chi connectivity index (χ1v) is 12.2. The van der Waals surface area contributed by atoms with Gasteiger partial charge in [0.1, 0.15) is 21.6 Å². The van der Waals surface area contributed by atoms with Gasteiger partial charge in [0.05, 0.1) is 29.3 Å². The number of carbonyl (C=O) groups is 2. The third-order valence-corrected chi connectivity index (χ3v) is 6.05. The summed E-state index contributed by atoms with van der Waals surface area (Å²) in [7, 11) is 0. The van der Waals surface area contributed by atoms with Gasteiger partial charge < -0.3 is 24.4 Å². The van der Waals surface area contributed by atoms with Crippen LogP contribution in [-0.2, 0) is 16.1 Å². The van der Waals surface area contributed by atoms with Gasteiger partial charge in [-0.1, -0.05) is 30.0 Å². The predicted molar refractivity (Wildman–Crippen MR) is 137 cm³/mol. The number of nitrogens with zero attached hydrogens (tertiary/aromatic N) is 1. The molecule has 2 heterocycles. The quantitative estimate of drug-likeness (QED) is 0.439. The van der Waals surface area contributed by atoms with Crippen LogP contribution in [0.15, 0.2) is 41.3 Å². The third-order valence-electron chi connectivity index (χ3n) is 4.89. The molecule has 4 rings (SSSR count). The van der Waals surface area contributed by atoms with E-state index < -0.39 is 0 Å². The van der Waals surface area contributed by atoms with Gasteiger partial charge in [-0.15, -0.1) is 0 Å². The number of amides is 2. The molecular weight excluding hydrogens is 472 g/mol. The van der Waals surface area contributed by atoms with Crippen LogP contribution in [0.3, 0.4) is 0 Å². The highest BCUT2D eigenvalue weighted by Gasteiger charge is 2.27. The summed E-state index contributed by atoms with van der Waals surface area (Å²) in [6.45, 7) is 8.12. The van der Waals surface area contributed by atoms with E-state index in [9.17, 15) is 9.59 Å². The molecule has 1 N–H and O–H groups in total. The van der Waals surface area contributed by atoms with Crippen LogP contribution >= 0.6 is 24.0 Å². The van der Waals surface area contributed by atoms with Gasteiger partial charge >= 0.3 is 0 Å². The van der Waals surface area contributed by atoms with Gasteiger partial charge in [-0.25, -0.2) is 0 Å². The molecule has 2 aliphatic heterocycles. The number of nitrogens with one attached hydrogen (secondary N) is 1. The molecule has 2 aliphatic rings. The molecule has 0 radical (unpaired) electrons. The molecule has 0 bridgehead atoms. The minimum Gasteiger partial charge on any atom is -0.491 e. The molecule has 0 unspecified atom stereocenters. The van der Waals surface area contributed by atoms with Crippen LogP contribution in [-0.4, -0.2) is 34.9 Å². The van der Waals surface area contributed by atoms with Crippen LogP contribution in [0.2, 0.25) is 0 Å². The van der Waals surface area contributed by atoms with Gasteiger partial charge in [0.25, 0.3) is 11.8 Å². The number of anilines is 1. The van der Waals surface area contributed by atoms with Gasteiger partial charge in [0, 0.05) is 6.07 Å².